The number of benzene rings is 1. The zero-order chi connectivity index (χ0) is 14.7. The molecule has 2 rings (SSSR count). The van der Waals surface area contributed by atoms with Crippen LogP contribution in [0, 0.1) is 5.82 Å². The van der Waals surface area contributed by atoms with Gasteiger partial charge in [-0.3, -0.25) is 4.79 Å². The van der Waals surface area contributed by atoms with Crippen LogP contribution in [0.5, 0.6) is 0 Å². The summed E-state index contributed by atoms with van der Waals surface area (Å²) >= 11 is 9.14. The van der Waals surface area contributed by atoms with Gasteiger partial charge in [0, 0.05) is 10.7 Å². The molecule has 6 heteroatoms. The van der Waals surface area contributed by atoms with Gasteiger partial charge in [-0.2, -0.15) is 0 Å². The second-order valence-corrected chi connectivity index (χ2v) is 5.51. The number of hydrogen-bond donors (Lipinski definition) is 1. The van der Waals surface area contributed by atoms with Crippen molar-refractivity contribution >= 4 is 33.4 Å². The van der Waals surface area contributed by atoms with Crippen LogP contribution in [-0.2, 0) is 0 Å². The third-order valence-electron chi connectivity index (χ3n) is 2.77. The van der Waals surface area contributed by atoms with Gasteiger partial charge in [0.25, 0.3) is 5.91 Å². The van der Waals surface area contributed by atoms with E-state index in [9.17, 15) is 9.18 Å². The average Bonchev–Trinajstić information content (AvgIpc) is 2.42. The molecule has 1 aromatic heterocycles. The number of hydrogen-bond acceptors (Lipinski definition) is 2. The van der Waals surface area contributed by atoms with Crippen LogP contribution in [0.25, 0.3) is 0 Å². The van der Waals surface area contributed by atoms with E-state index in [0.29, 0.717) is 4.47 Å². The van der Waals surface area contributed by atoms with Crippen LogP contribution in [0.4, 0.5) is 4.39 Å². The molecule has 0 aliphatic rings. The van der Waals surface area contributed by atoms with E-state index < -0.39 is 0 Å². The first-order valence-corrected chi connectivity index (χ1v) is 7.02. The van der Waals surface area contributed by atoms with Gasteiger partial charge in [0.05, 0.1) is 11.6 Å². The molecule has 0 bridgehead atoms. The summed E-state index contributed by atoms with van der Waals surface area (Å²) < 4.78 is 13.5. The standard InChI is InChI=1S/C14H11BrClFN2O/c1-8(9-2-4-11(17)5-3-9)19-14(20)12-6-10(15)7-18-13(12)16/h2-8H,1H3,(H,19,20). The summed E-state index contributed by atoms with van der Waals surface area (Å²) in [4.78, 5) is 16.0. The molecular formula is C14H11BrClFN2O. The van der Waals surface area contributed by atoms with Crippen molar-refractivity contribution in [3.05, 3.63) is 63.1 Å². The molecule has 104 valence electrons. The predicted octanol–water partition coefficient (Wildman–Crippen LogP) is 4.13. The Morgan fingerprint density at radius 2 is 2.05 bits per heavy atom. The van der Waals surface area contributed by atoms with Crippen molar-refractivity contribution in [2.24, 2.45) is 0 Å². The average molecular weight is 358 g/mol. The monoisotopic (exact) mass is 356 g/mol. The number of aromatic nitrogens is 1. The second-order valence-electron chi connectivity index (χ2n) is 4.24. The summed E-state index contributed by atoms with van der Waals surface area (Å²) in [5.74, 6) is -0.646. The number of amides is 1. The molecule has 0 aliphatic carbocycles. The molecule has 1 aromatic carbocycles. The topological polar surface area (TPSA) is 42.0 Å². The predicted molar refractivity (Wildman–Crippen MR) is 79.2 cm³/mol. The lowest BCUT2D eigenvalue weighted by molar-refractivity contribution is 0.0939. The molecule has 1 heterocycles. The molecule has 1 atom stereocenters. The Bertz CT molecular complexity index is 634. The van der Waals surface area contributed by atoms with Gasteiger partial charge in [-0.25, -0.2) is 9.37 Å². The first-order valence-electron chi connectivity index (χ1n) is 5.84. The van der Waals surface area contributed by atoms with Gasteiger partial charge in [-0.1, -0.05) is 23.7 Å². The molecule has 1 amide bonds. The molecule has 0 spiro atoms. The lowest BCUT2D eigenvalue weighted by Crippen LogP contribution is -2.27. The Labute approximate surface area is 129 Å². The highest BCUT2D eigenvalue weighted by molar-refractivity contribution is 9.10. The van der Waals surface area contributed by atoms with Gasteiger partial charge in [0.15, 0.2) is 0 Å². The number of halogens is 3. The molecule has 0 fully saturated rings. The summed E-state index contributed by atoms with van der Waals surface area (Å²) in [6.45, 7) is 1.81. The van der Waals surface area contributed by atoms with Crippen LogP contribution in [0.15, 0.2) is 41.0 Å². The van der Waals surface area contributed by atoms with Crippen LogP contribution >= 0.6 is 27.5 Å². The van der Waals surface area contributed by atoms with Crippen LogP contribution in [0.2, 0.25) is 5.15 Å². The number of nitrogens with one attached hydrogen (secondary N) is 1. The van der Waals surface area contributed by atoms with E-state index in [0.717, 1.165) is 5.56 Å². The zero-order valence-corrected chi connectivity index (χ0v) is 12.9. The minimum atomic E-state index is -0.333. The van der Waals surface area contributed by atoms with Crippen LogP contribution in [-0.4, -0.2) is 10.9 Å². The Balaban J connectivity index is 2.15. The smallest absolute Gasteiger partial charge is 0.254 e. The highest BCUT2D eigenvalue weighted by Gasteiger charge is 2.15. The lowest BCUT2D eigenvalue weighted by Gasteiger charge is -2.14. The Morgan fingerprint density at radius 3 is 2.70 bits per heavy atom. The minimum Gasteiger partial charge on any atom is -0.345 e. The van der Waals surface area contributed by atoms with Crippen molar-refractivity contribution in [3.63, 3.8) is 0 Å². The molecule has 0 saturated heterocycles. The number of nitrogens with zero attached hydrogens (tertiary/aromatic N) is 1. The van der Waals surface area contributed by atoms with Crippen LogP contribution in [0.1, 0.15) is 28.9 Å². The number of rotatable bonds is 3. The summed E-state index contributed by atoms with van der Waals surface area (Å²) in [6, 6.07) is 7.29. The van der Waals surface area contributed by atoms with Crippen molar-refractivity contribution in [1.82, 2.24) is 10.3 Å². The first kappa shape index (κ1) is 14.9. The molecule has 3 nitrogen and oxygen atoms in total. The lowest BCUT2D eigenvalue weighted by atomic mass is 10.1. The fraction of sp³-hybridized carbons (Fsp3) is 0.143. The van der Waals surface area contributed by atoms with Gasteiger partial charge in [-0.15, -0.1) is 0 Å². The Morgan fingerprint density at radius 1 is 1.40 bits per heavy atom. The summed E-state index contributed by atoms with van der Waals surface area (Å²) in [6.07, 6.45) is 1.52. The molecule has 1 unspecified atom stereocenters. The van der Waals surface area contributed by atoms with E-state index in [1.807, 2.05) is 6.92 Å². The SMILES string of the molecule is CC(NC(=O)c1cc(Br)cnc1Cl)c1ccc(F)cc1. The van der Waals surface area contributed by atoms with Crippen molar-refractivity contribution < 1.29 is 9.18 Å². The number of pyridine rings is 1. The normalized spacial score (nSPS) is 12.0. The maximum Gasteiger partial charge on any atom is 0.254 e. The quantitative estimate of drug-likeness (QED) is 0.839. The highest BCUT2D eigenvalue weighted by Crippen LogP contribution is 2.20. The molecule has 2 aromatic rings. The fourth-order valence-corrected chi connectivity index (χ4v) is 2.21. The molecular weight excluding hydrogens is 347 g/mol. The van der Waals surface area contributed by atoms with Crippen molar-refractivity contribution in [3.8, 4) is 0 Å². The van der Waals surface area contributed by atoms with Crippen molar-refractivity contribution in [1.29, 1.82) is 0 Å². The van der Waals surface area contributed by atoms with E-state index in [-0.39, 0.29) is 28.5 Å². The molecule has 1 N–H and O–H groups in total. The molecule has 0 radical (unpaired) electrons. The molecule has 20 heavy (non-hydrogen) atoms. The zero-order valence-electron chi connectivity index (χ0n) is 10.5. The summed E-state index contributed by atoms with van der Waals surface area (Å²) in [5, 5.41) is 2.93. The third-order valence-corrected chi connectivity index (χ3v) is 3.50. The Kier molecular flexibility index (Phi) is 4.73. The Hall–Kier alpha value is -1.46. The van der Waals surface area contributed by atoms with Crippen LogP contribution in [0.3, 0.4) is 0 Å². The van der Waals surface area contributed by atoms with E-state index >= 15 is 0 Å². The molecule has 0 saturated carbocycles. The number of carbonyl (C=O) groups excluding carboxylic acids is 1. The van der Waals surface area contributed by atoms with Crippen molar-refractivity contribution in [2.45, 2.75) is 13.0 Å². The van der Waals surface area contributed by atoms with E-state index in [4.69, 9.17) is 11.6 Å². The van der Waals surface area contributed by atoms with Crippen LogP contribution < -0.4 is 5.32 Å². The third kappa shape index (κ3) is 3.55. The highest BCUT2D eigenvalue weighted by atomic mass is 79.9. The minimum absolute atomic E-state index is 0.136. The van der Waals surface area contributed by atoms with Crippen molar-refractivity contribution in [2.75, 3.05) is 0 Å². The maximum atomic E-state index is 12.9. The van der Waals surface area contributed by atoms with Gasteiger partial charge < -0.3 is 5.32 Å². The molecule has 0 aliphatic heterocycles. The van der Waals surface area contributed by atoms with Gasteiger partial charge in [0.2, 0.25) is 0 Å². The first-order chi connectivity index (χ1) is 9.47. The summed E-state index contributed by atoms with van der Waals surface area (Å²) in [5.41, 5.74) is 1.09. The largest absolute Gasteiger partial charge is 0.345 e. The van der Waals surface area contributed by atoms with Gasteiger partial charge in [0.1, 0.15) is 11.0 Å². The van der Waals surface area contributed by atoms with E-state index in [1.54, 1.807) is 18.2 Å². The number of carbonyl (C=O) groups is 1. The van der Waals surface area contributed by atoms with E-state index in [1.165, 1.54) is 18.3 Å². The fourth-order valence-electron chi connectivity index (χ4n) is 1.69. The van der Waals surface area contributed by atoms with E-state index in [2.05, 4.69) is 26.2 Å². The van der Waals surface area contributed by atoms with Gasteiger partial charge in [-0.05, 0) is 46.6 Å². The maximum absolute atomic E-state index is 12.9. The summed E-state index contributed by atoms with van der Waals surface area (Å²) in [7, 11) is 0. The van der Waals surface area contributed by atoms with Gasteiger partial charge >= 0.3 is 0 Å². The second kappa shape index (κ2) is 6.33.